The van der Waals surface area contributed by atoms with Crippen molar-refractivity contribution in [3.8, 4) is 0 Å². The van der Waals surface area contributed by atoms with E-state index in [-0.39, 0.29) is 13.2 Å². The van der Waals surface area contributed by atoms with Crippen molar-refractivity contribution in [1.29, 1.82) is 0 Å². The quantitative estimate of drug-likeness (QED) is 0.710. The van der Waals surface area contributed by atoms with Crippen LogP contribution in [-0.4, -0.2) is 49.7 Å². The van der Waals surface area contributed by atoms with Gasteiger partial charge in [0.25, 0.3) is 10.2 Å². The molecular weight excluding hydrogens is 292 g/mol. The van der Waals surface area contributed by atoms with E-state index in [1.165, 1.54) is 21.0 Å². The summed E-state index contributed by atoms with van der Waals surface area (Å²) in [5.74, 6) is -0.557. The molecule has 1 aromatic carbocycles. The highest BCUT2D eigenvalue weighted by atomic mass is 32.2. The number of hydrogen-bond donors (Lipinski definition) is 0. The van der Waals surface area contributed by atoms with Crippen LogP contribution in [0.2, 0.25) is 0 Å². The van der Waals surface area contributed by atoms with E-state index in [1.54, 1.807) is 6.92 Å². The van der Waals surface area contributed by atoms with Gasteiger partial charge in [0.05, 0.1) is 6.61 Å². The average Bonchev–Trinajstić information content (AvgIpc) is 2.45. The fourth-order valence-corrected chi connectivity index (χ4v) is 2.99. The summed E-state index contributed by atoms with van der Waals surface area (Å²) in [5, 5.41) is 0. The molecule has 0 aliphatic rings. The number of esters is 1. The standard InChI is InChI=1S/C14H22N2O4S/c1-5-20-14(17)12(2)16(21(18,19)15(3)4)11-13-9-7-6-8-10-13/h6-10,12H,5,11H2,1-4H3. The Hall–Kier alpha value is -1.44. The lowest BCUT2D eigenvalue weighted by atomic mass is 10.2. The molecule has 0 N–H and O–H groups in total. The molecule has 118 valence electrons. The summed E-state index contributed by atoms with van der Waals surface area (Å²) < 4.78 is 32.0. The van der Waals surface area contributed by atoms with Crippen LogP contribution in [0.1, 0.15) is 19.4 Å². The zero-order valence-electron chi connectivity index (χ0n) is 12.8. The van der Waals surface area contributed by atoms with Crippen LogP contribution in [0.4, 0.5) is 0 Å². The highest BCUT2D eigenvalue weighted by Gasteiger charge is 2.34. The molecule has 0 fully saturated rings. The monoisotopic (exact) mass is 314 g/mol. The molecule has 0 amide bonds. The van der Waals surface area contributed by atoms with Crippen molar-refractivity contribution in [3.05, 3.63) is 35.9 Å². The van der Waals surface area contributed by atoms with Gasteiger partial charge in [-0.2, -0.15) is 17.0 Å². The van der Waals surface area contributed by atoms with Crippen LogP contribution < -0.4 is 0 Å². The van der Waals surface area contributed by atoms with Gasteiger partial charge in [0.2, 0.25) is 0 Å². The van der Waals surface area contributed by atoms with Gasteiger partial charge in [-0.1, -0.05) is 30.3 Å². The Kier molecular flexibility index (Phi) is 6.32. The van der Waals surface area contributed by atoms with Gasteiger partial charge < -0.3 is 4.74 Å². The highest BCUT2D eigenvalue weighted by Crippen LogP contribution is 2.16. The summed E-state index contributed by atoms with van der Waals surface area (Å²) in [6, 6.07) is 8.24. The van der Waals surface area contributed by atoms with E-state index in [9.17, 15) is 13.2 Å². The normalized spacial score (nSPS) is 13.4. The smallest absolute Gasteiger partial charge is 0.324 e. The van der Waals surface area contributed by atoms with Crippen LogP contribution in [0.5, 0.6) is 0 Å². The van der Waals surface area contributed by atoms with Gasteiger partial charge in [-0.15, -0.1) is 0 Å². The van der Waals surface area contributed by atoms with E-state index < -0.39 is 22.2 Å². The number of hydrogen-bond acceptors (Lipinski definition) is 4. The largest absolute Gasteiger partial charge is 0.465 e. The maximum absolute atomic E-state index is 12.4. The third-order valence-corrected chi connectivity index (χ3v) is 4.96. The molecular formula is C14H22N2O4S. The highest BCUT2D eigenvalue weighted by molar-refractivity contribution is 7.86. The second kappa shape index (κ2) is 7.53. The summed E-state index contributed by atoms with van der Waals surface area (Å²) in [6.07, 6.45) is 0. The number of nitrogens with zero attached hydrogens (tertiary/aromatic N) is 2. The molecule has 1 atom stereocenters. The Morgan fingerprint density at radius 1 is 1.24 bits per heavy atom. The van der Waals surface area contributed by atoms with Crippen molar-refractivity contribution in [1.82, 2.24) is 8.61 Å². The lowest BCUT2D eigenvalue weighted by molar-refractivity contribution is -0.147. The van der Waals surface area contributed by atoms with Crippen LogP contribution >= 0.6 is 0 Å². The summed E-state index contributed by atoms with van der Waals surface area (Å²) in [7, 11) is -0.862. The van der Waals surface area contributed by atoms with E-state index >= 15 is 0 Å². The van der Waals surface area contributed by atoms with Gasteiger partial charge >= 0.3 is 5.97 Å². The number of benzene rings is 1. The van der Waals surface area contributed by atoms with Crippen LogP contribution in [-0.2, 0) is 26.3 Å². The van der Waals surface area contributed by atoms with Gasteiger partial charge in [0.15, 0.2) is 0 Å². The minimum absolute atomic E-state index is 0.112. The average molecular weight is 314 g/mol. The van der Waals surface area contributed by atoms with Crippen molar-refractivity contribution in [3.63, 3.8) is 0 Å². The van der Waals surface area contributed by atoms with Crippen LogP contribution in [0, 0.1) is 0 Å². The zero-order valence-corrected chi connectivity index (χ0v) is 13.6. The van der Waals surface area contributed by atoms with Crippen molar-refractivity contribution in [2.75, 3.05) is 20.7 Å². The van der Waals surface area contributed by atoms with E-state index in [0.29, 0.717) is 0 Å². The Bertz CT molecular complexity index is 558. The fraction of sp³-hybridized carbons (Fsp3) is 0.500. The summed E-state index contributed by atoms with van der Waals surface area (Å²) in [5.41, 5.74) is 0.805. The molecule has 0 heterocycles. The third kappa shape index (κ3) is 4.52. The molecule has 0 saturated heterocycles. The van der Waals surface area contributed by atoms with Gasteiger partial charge in [-0.3, -0.25) is 4.79 Å². The first kappa shape index (κ1) is 17.6. The van der Waals surface area contributed by atoms with Crippen molar-refractivity contribution in [2.45, 2.75) is 26.4 Å². The van der Waals surface area contributed by atoms with Crippen molar-refractivity contribution < 1.29 is 17.9 Å². The van der Waals surface area contributed by atoms with E-state index in [0.717, 1.165) is 14.2 Å². The molecule has 0 saturated carbocycles. The van der Waals surface area contributed by atoms with E-state index in [1.807, 2.05) is 30.3 Å². The Labute approximate surface area is 126 Å². The lowest BCUT2D eigenvalue weighted by Crippen LogP contribution is -2.48. The second-order valence-corrected chi connectivity index (χ2v) is 6.84. The second-order valence-electron chi connectivity index (χ2n) is 4.75. The van der Waals surface area contributed by atoms with Crippen LogP contribution in [0.15, 0.2) is 30.3 Å². The summed E-state index contributed by atoms with van der Waals surface area (Å²) in [4.78, 5) is 11.9. The minimum atomic E-state index is -3.73. The predicted molar refractivity (Wildman–Crippen MR) is 80.7 cm³/mol. The third-order valence-electron chi connectivity index (χ3n) is 3.00. The first-order valence-electron chi connectivity index (χ1n) is 6.70. The first-order chi connectivity index (χ1) is 9.80. The molecule has 1 unspecified atom stereocenters. The predicted octanol–water partition coefficient (Wildman–Crippen LogP) is 1.25. The topological polar surface area (TPSA) is 66.9 Å². The zero-order chi connectivity index (χ0) is 16.0. The molecule has 1 aromatic rings. The molecule has 0 spiro atoms. The molecule has 0 radical (unpaired) electrons. The minimum Gasteiger partial charge on any atom is -0.465 e. The number of ether oxygens (including phenoxy) is 1. The lowest BCUT2D eigenvalue weighted by Gasteiger charge is -2.29. The molecule has 0 bridgehead atoms. The van der Waals surface area contributed by atoms with Gasteiger partial charge in [0.1, 0.15) is 6.04 Å². The fourth-order valence-electron chi connectivity index (χ4n) is 1.77. The maximum Gasteiger partial charge on any atom is 0.324 e. The first-order valence-corrected chi connectivity index (χ1v) is 8.10. The number of carbonyl (C=O) groups excluding carboxylic acids is 1. The number of rotatable bonds is 7. The Morgan fingerprint density at radius 3 is 2.29 bits per heavy atom. The Morgan fingerprint density at radius 2 is 1.81 bits per heavy atom. The van der Waals surface area contributed by atoms with Crippen molar-refractivity contribution in [2.24, 2.45) is 0 Å². The van der Waals surface area contributed by atoms with Crippen LogP contribution in [0.25, 0.3) is 0 Å². The molecule has 6 nitrogen and oxygen atoms in total. The SMILES string of the molecule is CCOC(=O)C(C)N(Cc1ccccc1)S(=O)(=O)N(C)C. The summed E-state index contributed by atoms with van der Waals surface area (Å²) in [6.45, 7) is 3.54. The molecule has 0 aliphatic heterocycles. The van der Waals surface area contributed by atoms with E-state index in [2.05, 4.69) is 0 Å². The summed E-state index contributed by atoms with van der Waals surface area (Å²) >= 11 is 0. The molecule has 7 heteroatoms. The molecule has 1 rings (SSSR count). The van der Waals surface area contributed by atoms with Crippen molar-refractivity contribution >= 4 is 16.2 Å². The maximum atomic E-state index is 12.4. The molecule has 21 heavy (non-hydrogen) atoms. The molecule has 0 aromatic heterocycles. The van der Waals surface area contributed by atoms with Gasteiger partial charge in [-0.05, 0) is 19.4 Å². The Balaban J connectivity index is 3.09. The van der Waals surface area contributed by atoms with Gasteiger partial charge in [-0.25, -0.2) is 0 Å². The van der Waals surface area contributed by atoms with Gasteiger partial charge in [0, 0.05) is 20.6 Å². The molecule has 0 aliphatic carbocycles. The number of carbonyl (C=O) groups is 1. The van der Waals surface area contributed by atoms with Crippen LogP contribution in [0.3, 0.4) is 0 Å². The van der Waals surface area contributed by atoms with E-state index in [4.69, 9.17) is 4.74 Å².